The second-order valence-electron chi connectivity index (χ2n) is 10.8. The largest absolute Gasteiger partial charge is 0.494 e. The van der Waals surface area contributed by atoms with Crippen molar-refractivity contribution in [2.45, 2.75) is 64.5 Å². The van der Waals surface area contributed by atoms with Gasteiger partial charge in [0.25, 0.3) is 0 Å². The molecule has 0 amide bonds. The SMILES string of the molecule is CC1=C(/C=C/C2=C(\C(F)(F)F)C/C=C(CN3CCCCC3)\C(OCCCCF)=C/C2)C=CCC=C1c1ccccc1. The van der Waals surface area contributed by atoms with Crippen LogP contribution in [0.3, 0.4) is 0 Å². The molecule has 6 heteroatoms. The van der Waals surface area contributed by atoms with Gasteiger partial charge >= 0.3 is 6.18 Å². The van der Waals surface area contributed by atoms with Crippen molar-refractivity contribution in [3.8, 4) is 0 Å². The number of benzene rings is 1. The quantitative estimate of drug-likeness (QED) is 0.206. The van der Waals surface area contributed by atoms with Gasteiger partial charge < -0.3 is 4.74 Å². The van der Waals surface area contributed by atoms with E-state index in [-0.39, 0.29) is 18.4 Å². The molecule has 0 aromatic heterocycles. The molecule has 1 fully saturated rings. The number of ether oxygens (including phenoxy) is 1. The van der Waals surface area contributed by atoms with Gasteiger partial charge in [-0.2, -0.15) is 13.2 Å². The van der Waals surface area contributed by atoms with Gasteiger partial charge in [-0.25, -0.2) is 0 Å². The summed E-state index contributed by atoms with van der Waals surface area (Å²) in [5.41, 5.74) is 4.60. The molecule has 2 aliphatic carbocycles. The summed E-state index contributed by atoms with van der Waals surface area (Å²) in [6.45, 7) is 4.39. The highest BCUT2D eigenvalue weighted by atomic mass is 19.4. The van der Waals surface area contributed by atoms with Crippen molar-refractivity contribution in [1.29, 1.82) is 0 Å². The Morgan fingerprint density at radius 1 is 0.927 bits per heavy atom. The number of unbranched alkanes of at least 4 members (excludes halogenated alkanes) is 1. The van der Waals surface area contributed by atoms with Crippen LogP contribution < -0.4 is 0 Å². The molecule has 4 rings (SSSR count). The molecule has 0 N–H and O–H groups in total. The lowest BCUT2D eigenvalue weighted by Crippen LogP contribution is -2.32. The van der Waals surface area contributed by atoms with E-state index in [2.05, 4.69) is 23.1 Å². The molecule has 0 radical (unpaired) electrons. The lowest BCUT2D eigenvalue weighted by molar-refractivity contribution is -0.0937. The fourth-order valence-corrected chi connectivity index (χ4v) is 5.55. The monoisotopic (exact) mass is 567 g/mol. The van der Waals surface area contributed by atoms with Crippen LogP contribution in [0.1, 0.15) is 63.9 Å². The average molecular weight is 568 g/mol. The summed E-state index contributed by atoms with van der Waals surface area (Å²) in [5, 5.41) is 0. The van der Waals surface area contributed by atoms with Crippen molar-refractivity contribution in [3.63, 3.8) is 0 Å². The number of hydrogen-bond donors (Lipinski definition) is 0. The van der Waals surface area contributed by atoms with E-state index in [0.717, 1.165) is 60.2 Å². The predicted molar refractivity (Wildman–Crippen MR) is 160 cm³/mol. The van der Waals surface area contributed by atoms with Gasteiger partial charge in [0.2, 0.25) is 0 Å². The molecule has 2 nitrogen and oxygen atoms in total. The maximum absolute atomic E-state index is 14.4. The number of nitrogens with zero attached hydrogens (tertiary/aromatic N) is 1. The Morgan fingerprint density at radius 3 is 2.44 bits per heavy atom. The normalized spacial score (nSPS) is 23.8. The first kappa shape index (κ1) is 30.8. The minimum atomic E-state index is -4.45. The maximum Gasteiger partial charge on any atom is 0.413 e. The third kappa shape index (κ3) is 8.93. The van der Waals surface area contributed by atoms with Gasteiger partial charge in [-0.1, -0.05) is 73.2 Å². The summed E-state index contributed by atoms with van der Waals surface area (Å²) in [6, 6.07) is 10.0. The van der Waals surface area contributed by atoms with Gasteiger partial charge in [-0.3, -0.25) is 9.29 Å². The first-order valence-corrected chi connectivity index (χ1v) is 14.8. The van der Waals surface area contributed by atoms with Crippen LogP contribution in [0.4, 0.5) is 17.6 Å². The van der Waals surface area contributed by atoms with Crippen LogP contribution in [-0.4, -0.2) is 44.0 Å². The smallest absolute Gasteiger partial charge is 0.413 e. The van der Waals surface area contributed by atoms with Crippen LogP contribution in [0.25, 0.3) is 5.57 Å². The molecule has 1 aromatic carbocycles. The second-order valence-corrected chi connectivity index (χ2v) is 10.8. The Balaban J connectivity index is 1.66. The van der Waals surface area contributed by atoms with Crippen molar-refractivity contribution in [1.82, 2.24) is 4.90 Å². The van der Waals surface area contributed by atoms with E-state index in [0.29, 0.717) is 31.8 Å². The molecule has 0 spiro atoms. The van der Waals surface area contributed by atoms with E-state index in [1.165, 1.54) is 6.42 Å². The molecule has 1 aliphatic heterocycles. The number of hydrogen-bond acceptors (Lipinski definition) is 2. The standard InChI is InChI=1S/C35H41F4NO/c1-27-28(12-6-7-15-32(27)29-13-4-2-5-14-29)16-17-30-19-21-34(41-25-11-8-22-36)31(18-20-33(30)35(37,38)39)26-40-23-9-3-10-24-40/h2,4-6,12-18,21H,3,7-11,19-20,22-26H2,1H3/b17-16+,31-18-,33-30+,34-21+. The zero-order valence-corrected chi connectivity index (χ0v) is 24.0. The first-order chi connectivity index (χ1) is 19.9. The highest BCUT2D eigenvalue weighted by molar-refractivity contribution is 5.81. The van der Waals surface area contributed by atoms with E-state index in [9.17, 15) is 17.6 Å². The molecular formula is C35H41F4NO. The van der Waals surface area contributed by atoms with E-state index in [1.54, 1.807) is 18.2 Å². The molecule has 0 bridgehead atoms. The number of piperidine rings is 1. The lowest BCUT2D eigenvalue weighted by Gasteiger charge is -2.29. The summed E-state index contributed by atoms with van der Waals surface area (Å²) in [5.74, 6) is 0.626. The Labute approximate surface area is 242 Å². The van der Waals surface area contributed by atoms with Crippen molar-refractivity contribution < 1.29 is 22.3 Å². The molecule has 1 saturated heterocycles. The fraction of sp³-hybridized carbons (Fsp3) is 0.429. The summed E-state index contributed by atoms with van der Waals surface area (Å²) >= 11 is 0. The van der Waals surface area contributed by atoms with E-state index >= 15 is 0 Å². The highest BCUT2D eigenvalue weighted by Crippen LogP contribution is 2.37. The zero-order valence-electron chi connectivity index (χ0n) is 24.0. The van der Waals surface area contributed by atoms with E-state index in [1.807, 2.05) is 43.4 Å². The Bertz CT molecular complexity index is 1240. The molecule has 0 atom stereocenters. The average Bonchev–Trinajstić information content (AvgIpc) is 3.14. The zero-order chi connectivity index (χ0) is 29.1. The Hall–Kier alpha value is -3.12. The van der Waals surface area contributed by atoms with E-state index < -0.39 is 18.4 Å². The summed E-state index contributed by atoms with van der Waals surface area (Å²) in [7, 11) is 0. The minimum Gasteiger partial charge on any atom is -0.494 e. The first-order valence-electron chi connectivity index (χ1n) is 14.8. The Morgan fingerprint density at radius 2 is 1.71 bits per heavy atom. The second kappa shape index (κ2) is 15.2. The minimum absolute atomic E-state index is 0.110. The third-order valence-electron chi connectivity index (χ3n) is 7.88. The molecule has 3 aliphatic rings. The van der Waals surface area contributed by atoms with Crippen LogP contribution in [0.15, 0.2) is 106 Å². The predicted octanol–water partition coefficient (Wildman–Crippen LogP) is 9.62. The number of alkyl halides is 4. The van der Waals surface area contributed by atoms with Crippen LogP contribution in [0.2, 0.25) is 0 Å². The number of likely N-dealkylation sites (tertiary alicyclic amines) is 1. The molecule has 220 valence electrons. The molecule has 1 heterocycles. The molecule has 41 heavy (non-hydrogen) atoms. The van der Waals surface area contributed by atoms with Crippen LogP contribution in [-0.2, 0) is 4.74 Å². The maximum atomic E-state index is 14.4. The van der Waals surface area contributed by atoms with Crippen molar-refractivity contribution in [2.75, 3.05) is 32.9 Å². The van der Waals surface area contributed by atoms with Gasteiger partial charge in [0.1, 0.15) is 5.76 Å². The van der Waals surface area contributed by atoms with Crippen LogP contribution >= 0.6 is 0 Å². The lowest BCUT2D eigenvalue weighted by atomic mass is 9.93. The van der Waals surface area contributed by atoms with Crippen molar-refractivity contribution >= 4 is 5.57 Å². The number of allylic oxidation sites excluding steroid dienone is 12. The fourth-order valence-electron chi connectivity index (χ4n) is 5.55. The number of rotatable bonds is 10. The summed E-state index contributed by atoms with van der Waals surface area (Å²) < 4.78 is 62.0. The van der Waals surface area contributed by atoms with Crippen molar-refractivity contribution in [2.24, 2.45) is 0 Å². The van der Waals surface area contributed by atoms with Gasteiger partial charge in [0.05, 0.1) is 13.3 Å². The summed E-state index contributed by atoms with van der Waals surface area (Å²) in [6.07, 6.45) is 13.7. The van der Waals surface area contributed by atoms with Gasteiger partial charge in [-0.05, 0) is 98.9 Å². The summed E-state index contributed by atoms with van der Waals surface area (Å²) in [4.78, 5) is 2.29. The Kier molecular flexibility index (Phi) is 11.4. The van der Waals surface area contributed by atoms with Gasteiger partial charge in [-0.15, -0.1) is 0 Å². The van der Waals surface area contributed by atoms with Gasteiger partial charge in [0, 0.05) is 17.7 Å². The topological polar surface area (TPSA) is 12.5 Å². The third-order valence-corrected chi connectivity index (χ3v) is 7.88. The van der Waals surface area contributed by atoms with Crippen LogP contribution in [0, 0.1) is 0 Å². The van der Waals surface area contributed by atoms with E-state index in [4.69, 9.17) is 4.74 Å². The highest BCUT2D eigenvalue weighted by Gasteiger charge is 2.35. The number of halogens is 4. The van der Waals surface area contributed by atoms with Crippen molar-refractivity contribution in [3.05, 3.63) is 112 Å². The molecule has 1 aromatic rings. The molecule has 0 saturated carbocycles. The van der Waals surface area contributed by atoms with Crippen LogP contribution in [0.5, 0.6) is 0 Å². The molecular weight excluding hydrogens is 526 g/mol. The molecule has 0 unspecified atom stereocenters. The van der Waals surface area contributed by atoms with Gasteiger partial charge in [0.15, 0.2) is 0 Å².